The Morgan fingerprint density at radius 1 is 1.10 bits per heavy atom. The van der Waals surface area contributed by atoms with Crippen LogP contribution in [0.15, 0.2) is 48.9 Å². The van der Waals surface area contributed by atoms with E-state index in [1.165, 1.54) is 18.6 Å². The topological polar surface area (TPSA) is 152 Å². The highest BCUT2D eigenvalue weighted by atomic mass is 16.1. The Kier molecular flexibility index (Phi) is 5.29. The average molecular weight is 381 g/mol. The molecular formula is C21H15N7O. The molecule has 8 nitrogen and oxygen atoms in total. The molecule has 2 heterocycles. The number of nitrogens with one attached hydrogen (secondary N) is 2. The lowest BCUT2D eigenvalue weighted by Gasteiger charge is -2.12. The second-order valence-corrected chi connectivity index (χ2v) is 6.21. The van der Waals surface area contributed by atoms with Crippen LogP contribution in [0.3, 0.4) is 0 Å². The third kappa shape index (κ3) is 4.07. The van der Waals surface area contributed by atoms with Crippen LogP contribution in [0.5, 0.6) is 0 Å². The fraction of sp³-hybridized carbons (Fsp3) is 0.0476. The summed E-state index contributed by atoms with van der Waals surface area (Å²) in [5.41, 5.74) is 9.17. The summed E-state index contributed by atoms with van der Waals surface area (Å²) < 4.78 is 0. The summed E-state index contributed by atoms with van der Waals surface area (Å²) in [6, 6.07) is 11.9. The van der Waals surface area contributed by atoms with Crippen molar-refractivity contribution in [1.29, 1.82) is 15.9 Å². The van der Waals surface area contributed by atoms with Gasteiger partial charge < -0.3 is 11.1 Å². The predicted octanol–water partition coefficient (Wildman–Crippen LogP) is 2.78. The molecule has 3 rings (SSSR count). The predicted molar refractivity (Wildman–Crippen MR) is 107 cm³/mol. The fourth-order valence-corrected chi connectivity index (χ4v) is 2.71. The summed E-state index contributed by atoms with van der Waals surface area (Å²) in [4.78, 5) is 20.6. The largest absolute Gasteiger partial charge is 0.398 e. The number of rotatable bonds is 4. The molecule has 0 radical (unpaired) electrons. The second kappa shape index (κ2) is 7.99. The van der Waals surface area contributed by atoms with Crippen molar-refractivity contribution in [2.45, 2.75) is 6.92 Å². The monoisotopic (exact) mass is 381 g/mol. The van der Waals surface area contributed by atoms with Gasteiger partial charge in [0.15, 0.2) is 0 Å². The van der Waals surface area contributed by atoms with Crippen LogP contribution in [0.2, 0.25) is 0 Å². The molecule has 4 N–H and O–H groups in total. The van der Waals surface area contributed by atoms with Crippen LogP contribution >= 0.6 is 0 Å². The first-order valence-electron chi connectivity index (χ1n) is 8.45. The number of anilines is 2. The Morgan fingerprint density at radius 3 is 2.52 bits per heavy atom. The zero-order valence-electron chi connectivity index (χ0n) is 15.4. The van der Waals surface area contributed by atoms with Gasteiger partial charge in [-0.1, -0.05) is 0 Å². The lowest BCUT2D eigenvalue weighted by Crippen LogP contribution is -2.16. The van der Waals surface area contributed by atoms with Gasteiger partial charge >= 0.3 is 0 Å². The molecule has 8 heteroatoms. The fourth-order valence-electron chi connectivity index (χ4n) is 2.71. The number of carbonyl (C=O) groups excluding carboxylic acids is 1. The van der Waals surface area contributed by atoms with Crippen molar-refractivity contribution in [3.05, 3.63) is 82.4 Å². The van der Waals surface area contributed by atoms with Gasteiger partial charge in [0.1, 0.15) is 17.8 Å². The first kappa shape index (κ1) is 19.2. The standard InChI is InChI=1S/C21H15N7O/c1-12-4-13(7-22)10-27-20(12)21(29)28-16-2-3-18(24)17(6-16)19(25)15-5-14(8-23)9-26-11-15/h2-6,9-11,25H,24H2,1H3,(H,28,29). The molecule has 2 aromatic heterocycles. The highest BCUT2D eigenvalue weighted by Gasteiger charge is 2.15. The number of carbonyl (C=O) groups is 1. The van der Waals surface area contributed by atoms with Crippen LogP contribution in [0.4, 0.5) is 11.4 Å². The smallest absolute Gasteiger partial charge is 0.274 e. The molecule has 3 aromatic rings. The minimum absolute atomic E-state index is 0.0795. The number of nitrogens with zero attached hydrogens (tertiary/aromatic N) is 4. The maximum atomic E-state index is 12.6. The number of benzene rings is 1. The molecule has 1 amide bonds. The van der Waals surface area contributed by atoms with E-state index >= 15 is 0 Å². The van der Waals surface area contributed by atoms with Crippen LogP contribution in [0.25, 0.3) is 0 Å². The summed E-state index contributed by atoms with van der Waals surface area (Å²) in [6.45, 7) is 1.70. The molecule has 0 aliphatic carbocycles. The normalized spacial score (nSPS) is 9.90. The number of pyridine rings is 2. The van der Waals surface area contributed by atoms with E-state index in [9.17, 15) is 4.79 Å². The van der Waals surface area contributed by atoms with E-state index in [4.69, 9.17) is 21.7 Å². The van der Waals surface area contributed by atoms with E-state index in [0.29, 0.717) is 39.2 Å². The van der Waals surface area contributed by atoms with E-state index in [2.05, 4.69) is 15.3 Å². The van der Waals surface area contributed by atoms with E-state index < -0.39 is 5.91 Å². The average Bonchev–Trinajstić information content (AvgIpc) is 2.74. The zero-order valence-corrected chi connectivity index (χ0v) is 15.4. The van der Waals surface area contributed by atoms with Gasteiger partial charge in [0.2, 0.25) is 0 Å². The van der Waals surface area contributed by atoms with E-state index in [-0.39, 0.29) is 11.4 Å². The highest BCUT2D eigenvalue weighted by Crippen LogP contribution is 2.22. The van der Waals surface area contributed by atoms with Crippen LogP contribution in [0.1, 0.15) is 38.3 Å². The van der Waals surface area contributed by atoms with Crippen molar-refractivity contribution in [2.24, 2.45) is 0 Å². The Balaban J connectivity index is 1.89. The molecular weight excluding hydrogens is 366 g/mol. The Morgan fingerprint density at radius 2 is 1.83 bits per heavy atom. The SMILES string of the molecule is Cc1cc(C#N)cnc1C(=O)Nc1ccc(N)c(C(=N)c2cncc(C#N)c2)c1. The van der Waals surface area contributed by atoms with Crippen molar-refractivity contribution in [2.75, 3.05) is 11.1 Å². The number of nitrogens with two attached hydrogens (primary N) is 1. The number of amides is 1. The molecule has 0 spiro atoms. The summed E-state index contributed by atoms with van der Waals surface area (Å²) in [6.07, 6.45) is 4.21. The molecule has 0 bridgehead atoms. The van der Waals surface area contributed by atoms with Gasteiger partial charge in [-0.05, 0) is 42.8 Å². The van der Waals surface area contributed by atoms with Crippen LogP contribution in [-0.4, -0.2) is 21.6 Å². The van der Waals surface area contributed by atoms with Gasteiger partial charge in [0.05, 0.1) is 16.8 Å². The summed E-state index contributed by atoms with van der Waals surface area (Å²) in [5, 5.41) is 29.1. The first-order chi connectivity index (χ1) is 13.9. The van der Waals surface area contributed by atoms with Gasteiger partial charge in [-0.3, -0.25) is 15.2 Å². The molecule has 29 heavy (non-hydrogen) atoms. The van der Waals surface area contributed by atoms with Crippen molar-refractivity contribution in [1.82, 2.24) is 9.97 Å². The molecule has 1 aromatic carbocycles. The van der Waals surface area contributed by atoms with Crippen LogP contribution in [-0.2, 0) is 0 Å². The summed E-state index contributed by atoms with van der Waals surface area (Å²) >= 11 is 0. The van der Waals surface area contributed by atoms with Crippen LogP contribution < -0.4 is 11.1 Å². The highest BCUT2D eigenvalue weighted by molar-refractivity contribution is 6.14. The van der Waals surface area contributed by atoms with Crippen molar-refractivity contribution < 1.29 is 4.79 Å². The van der Waals surface area contributed by atoms with Crippen molar-refractivity contribution >= 4 is 23.0 Å². The first-order valence-corrected chi connectivity index (χ1v) is 8.45. The molecule has 140 valence electrons. The lowest BCUT2D eigenvalue weighted by atomic mass is 10.0. The van der Waals surface area contributed by atoms with E-state index in [0.717, 1.165) is 0 Å². The number of aryl methyl sites for hydroxylation is 1. The van der Waals surface area contributed by atoms with Gasteiger partial charge in [-0.25, -0.2) is 4.98 Å². The minimum atomic E-state index is -0.442. The van der Waals surface area contributed by atoms with Crippen LogP contribution in [0, 0.1) is 35.0 Å². The van der Waals surface area contributed by atoms with Gasteiger partial charge in [0, 0.05) is 41.1 Å². The van der Waals surface area contributed by atoms with E-state index in [1.54, 1.807) is 37.3 Å². The van der Waals surface area contributed by atoms with Gasteiger partial charge in [-0.15, -0.1) is 0 Å². The lowest BCUT2D eigenvalue weighted by molar-refractivity contribution is 0.102. The van der Waals surface area contributed by atoms with Crippen molar-refractivity contribution in [3.63, 3.8) is 0 Å². The maximum Gasteiger partial charge on any atom is 0.274 e. The number of nitriles is 2. The Labute approximate surface area is 166 Å². The molecule has 0 atom stereocenters. The van der Waals surface area contributed by atoms with E-state index in [1.807, 2.05) is 12.1 Å². The number of hydrogen-bond acceptors (Lipinski definition) is 7. The number of hydrogen-bond donors (Lipinski definition) is 3. The molecule has 0 fully saturated rings. The van der Waals surface area contributed by atoms with Gasteiger partial charge in [0.25, 0.3) is 5.91 Å². The molecule has 0 saturated carbocycles. The molecule has 0 aliphatic heterocycles. The quantitative estimate of drug-likeness (QED) is 0.466. The maximum absolute atomic E-state index is 12.6. The second-order valence-electron chi connectivity index (χ2n) is 6.21. The molecule has 0 saturated heterocycles. The number of nitrogen functional groups attached to an aromatic ring is 1. The zero-order chi connectivity index (χ0) is 21.0. The Bertz CT molecular complexity index is 1220. The third-order valence-electron chi connectivity index (χ3n) is 4.16. The third-order valence-corrected chi connectivity index (χ3v) is 4.16. The van der Waals surface area contributed by atoms with Crippen molar-refractivity contribution in [3.8, 4) is 12.1 Å². The summed E-state index contributed by atoms with van der Waals surface area (Å²) in [5.74, 6) is -0.442. The number of aromatic nitrogens is 2. The van der Waals surface area contributed by atoms with Gasteiger partial charge in [-0.2, -0.15) is 10.5 Å². The summed E-state index contributed by atoms with van der Waals surface area (Å²) in [7, 11) is 0. The molecule has 0 aliphatic rings. The minimum Gasteiger partial charge on any atom is -0.398 e. The molecule has 0 unspecified atom stereocenters. The Hall–Kier alpha value is -4.56.